The van der Waals surface area contributed by atoms with Gasteiger partial charge in [0.05, 0.1) is 5.41 Å². The van der Waals surface area contributed by atoms with Gasteiger partial charge in [-0.15, -0.1) is 0 Å². The molecule has 0 aliphatic rings. The maximum absolute atomic E-state index is 12.7. The second-order valence-electron chi connectivity index (χ2n) is 6.51. The number of nitrogens with one attached hydrogen (secondary N) is 2. The van der Waals surface area contributed by atoms with Gasteiger partial charge in [0.1, 0.15) is 0 Å². The summed E-state index contributed by atoms with van der Waals surface area (Å²) in [6, 6.07) is 15.9. The molecule has 0 atom stereocenters. The molecular formula is C20H21ClN2O. The number of fused-ring (bicyclic) bond motifs is 1. The van der Waals surface area contributed by atoms with Crippen LogP contribution in [0.4, 0.5) is 0 Å². The highest BCUT2D eigenvalue weighted by Crippen LogP contribution is 2.31. The highest BCUT2D eigenvalue weighted by molar-refractivity contribution is 6.31. The minimum atomic E-state index is -0.622. The molecule has 1 heterocycles. The van der Waals surface area contributed by atoms with Crippen LogP contribution < -0.4 is 5.32 Å². The predicted octanol–water partition coefficient (Wildman–Crippen LogP) is 4.46. The Kier molecular flexibility index (Phi) is 4.63. The Morgan fingerprint density at radius 1 is 1.17 bits per heavy atom. The first-order valence-electron chi connectivity index (χ1n) is 8.08. The van der Waals surface area contributed by atoms with Crippen molar-refractivity contribution < 1.29 is 4.79 Å². The van der Waals surface area contributed by atoms with E-state index in [2.05, 4.69) is 22.4 Å². The summed E-state index contributed by atoms with van der Waals surface area (Å²) >= 11 is 6.03. The minimum Gasteiger partial charge on any atom is -0.361 e. The molecule has 0 aliphatic carbocycles. The summed E-state index contributed by atoms with van der Waals surface area (Å²) in [5.74, 6) is 0.0225. The third kappa shape index (κ3) is 3.31. The summed E-state index contributed by atoms with van der Waals surface area (Å²) in [6.45, 7) is 4.52. The average Bonchev–Trinajstić information content (AvgIpc) is 2.99. The van der Waals surface area contributed by atoms with Gasteiger partial charge in [-0.25, -0.2) is 0 Å². The Morgan fingerprint density at radius 2 is 1.92 bits per heavy atom. The van der Waals surface area contributed by atoms with Crippen LogP contribution in [0.1, 0.15) is 25.0 Å². The molecule has 3 rings (SSSR count). The fourth-order valence-electron chi connectivity index (χ4n) is 2.92. The van der Waals surface area contributed by atoms with Crippen molar-refractivity contribution in [2.45, 2.75) is 25.7 Å². The molecule has 0 radical (unpaired) electrons. The second kappa shape index (κ2) is 6.70. The molecule has 3 aromatic rings. The molecule has 0 bridgehead atoms. The summed E-state index contributed by atoms with van der Waals surface area (Å²) in [4.78, 5) is 15.9. The van der Waals surface area contributed by atoms with Gasteiger partial charge in [0.15, 0.2) is 0 Å². The first-order chi connectivity index (χ1) is 11.5. The van der Waals surface area contributed by atoms with E-state index >= 15 is 0 Å². The number of H-pyrrole nitrogens is 1. The molecule has 1 aromatic heterocycles. The Balaban J connectivity index is 1.72. The second-order valence-corrected chi connectivity index (χ2v) is 6.95. The summed E-state index contributed by atoms with van der Waals surface area (Å²) < 4.78 is 0. The Morgan fingerprint density at radius 3 is 2.67 bits per heavy atom. The Labute approximate surface area is 147 Å². The van der Waals surface area contributed by atoms with Crippen molar-refractivity contribution >= 4 is 28.4 Å². The smallest absolute Gasteiger partial charge is 0.230 e. The van der Waals surface area contributed by atoms with Gasteiger partial charge in [-0.05, 0) is 43.5 Å². The molecule has 0 fully saturated rings. The maximum Gasteiger partial charge on any atom is 0.230 e. The number of carbonyl (C=O) groups is 1. The van der Waals surface area contributed by atoms with Gasteiger partial charge >= 0.3 is 0 Å². The van der Waals surface area contributed by atoms with Crippen LogP contribution in [0.3, 0.4) is 0 Å². The van der Waals surface area contributed by atoms with Crippen molar-refractivity contribution in [3.63, 3.8) is 0 Å². The van der Waals surface area contributed by atoms with Crippen molar-refractivity contribution in [2.24, 2.45) is 0 Å². The number of benzene rings is 2. The Hall–Kier alpha value is -2.26. The lowest BCUT2D eigenvalue weighted by molar-refractivity contribution is -0.125. The normalized spacial score (nSPS) is 11.6. The van der Waals surface area contributed by atoms with E-state index in [4.69, 9.17) is 11.6 Å². The molecule has 124 valence electrons. The molecule has 0 aliphatic heterocycles. The zero-order valence-corrected chi connectivity index (χ0v) is 14.7. The summed E-state index contributed by atoms with van der Waals surface area (Å²) in [5, 5.41) is 4.77. The zero-order chi connectivity index (χ0) is 17.2. The van der Waals surface area contributed by atoms with Crippen LogP contribution in [0.5, 0.6) is 0 Å². The first-order valence-corrected chi connectivity index (χ1v) is 8.45. The van der Waals surface area contributed by atoms with Crippen molar-refractivity contribution in [2.75, 3.05) is 6.54 Å². The van der Waals surface area contributed by atoms with Crippen LogP contribution in [0.2, 0.25) is 5.02 Å². The highest BCUT2D eigenvalue weighted by Gasteiger charge is 2.31. The van der Waals surface area contributed by atoms with Crippen LogP contribution in [0.25, 0.3) is 10.9 Å². The van der Waals surface area contributed by atoms with Crippen LogP contribution in [0.15, 0.2) is 54.7 Å². The lowest BCUT2D eigenvalue weighted by Gasteiger charge is -2.23. The summed E-state index contributed by atoms with van der Waals surface area (Å²) in [5.41, 5.74) is 2.52. The number of hydrogen-bond donors (Lipinski definition) is 2. The predicted molar refractivity (Wildman–Crippen MR) is 99.5 cm³/mol. The van der Waals surface area contributed by atoms with Crippen LogP contribution in [-0.4, -0.2) is 17.4 Å². The van der Waals surface area contributed by atoms with E-state index in [1.165, 1.54) is 5.56 Å². The van der Waals surface area contributed by atoms with E-state index in [0.717, 1.165) is 22.9 Å². The van der Waals surface area contributed by atoms with Gasteiger partial charge < -0.3 is 10.3 Å². The molecule has 0 unspecified atom stereocenters. The van der Waals surface area contributed by atoms with Crippen molar-refractivity contribution in [1.29, 1.82) is 0 Å². The molecule has 1 amide bonds. The van der Waals surface area contributed by atoms with Crippen LogP contribution in [-0.2, 0) is 16.6 Å². The Bertz CT molecular complexity index is 852. The fourth-order valence-corrected chi connectivity index (χ4v) is 3.10. The maximum atomic E-state index is 12.7. The van der Waals surface area contributed by atoms with Gasteiger partial charge in [0, 0.05) is 28.7 Å². The first kappa shape index (κ1) is 16.6. The van der Waals surface area contributed by atoms with Gasteiger partial charge in [0.2, 0.25) is 5.91 Å². The molecular weight excluding hydrogens is 320 g/mol. The third-order valence-electron chi connectivity index (χ3n) is 4.43. The van der Waals surface area contributed by atoms with Crippen LogP contribution in [0, 0.1) is 0 Å². The minimum absolute atomic E-state index is 0.0225. The molecule has 0 saturated heterocycles. The van der Waals surface area contributed by atoms with Crippen molar-refractivity contribution in [1.82, 2.24) is 10.3 Å². The SMILES string of the molecule is CC(C)(C(=O)NCCc1ccccc1)c1c[nH]c2cc(Cl)ccc12. The quantitative estimate of drug-likeness (QED) is 0.707. The van der Waals surface area contributed by atoms with Gasteiger partial charge in [-0.3, -0.25) is 4.79 Å². The summed E-state index contributed by atoms with van der Waals surface area (Å²) in [7, 11) is 0. The highest BCUT2D eigenvalue weighted by atomic mass is 35.5. The monoisotopic (exact) mass is 340 g/mol. The number of rotatable bonds is 5. The number of halogens is 1. The molecule has 0 saturated carbocycles. The molecule has 24 heavy (non-hydrogen) atoms. The van der Waals surface area contributed by atoms with E-state index in [9.17, 15) is 4.79 Å². The van der Waals surface area contributed by atoms with Gasteiger partial charge in [-0.1, -0.05) is 48.0 Å². The third-order valence-corrected chi connectivity index (χ3v) is 4.66. The fraction of sp³-hybridized carbons (Fsp3) is 0.250. The molecule has 2 aromatic carbocycles. The number of aromatic amines is 1. The van der Waals surface area contributed by atoms with Crippen molar-refractivity contribution in [3.05, 3.63) is 70.9 Å². The van der Waals surface area contributed by atoms with E-state index in [1.54, 1.807) is 0 Å². The standard InChI is InChI=1S/C20H21ClN2O/c1-20(2,17-13-23-18-12-15(21)8-9-16(17)18)19(24)22-11-10-14-6-4-3-5-7-14/h3-9,12-13,23H,10-11H2,1-2H3,(H,22,24). The topological polar surface area (TPSA) is 44.9 Å². The lowest BCUT2D eigenvalue weighted by Crippen LogP contribution is -2.40. The van der Waals surface area contributed by atoms with E-state index in [1.807, 2.05) is 56.4 Å². The molecule has 3 nitrogen and oxygen atoms in total. The molecule has 0 spiro atoms. The number of aromatic nitrogens is 1. The number of amides is 1. The molecule has 4 heteroatoms. The van der Waals surface area contributed by atoms with E-state index in [0.29, 0.717) is 11.6 Å². The van der Waals surface area contributed by atoms with Gasteiger partial charge in [0.25, 0.3) is 0 Å². The molecule has 2 N–H and O–H groups in total. The number of carbonyl (C=O) groups excluding carboxylic acids is 1. The number of hydrogen-bond acceptors (Lipinski definition) is 1. The van der Waals surface area contributed by atoms with E-state index in [-0.39, 0.29) is 5.91 Å². The van der Waals surface area contributed by atoms with Crippen LogP contribution >= 0.6 is 11.6 Å². The van der Waals surface area contributed by atoms with E-state index < -0.39 is 5.41 Å². The largest absolute Gasteiger partial charge is 0.361 e. The van der Waals surface area contributed by atoms with Crippen molar-refractivity contribution in [3.8, 4) is 0 Å². The lowest BCUT2D eigenvalue weighted by atomic mass is 9.83. The van der Waals surface area contributed by atoms with Gasteiger partial charge in [-0.2, -0.15) is 0 Å². The zero-order valence-electron chi connectivity index (χ0n) is 13.9. The summed E-state index contributed by atoms with van der Waals surface area (Å²) in [6.07, 6.45) is 2.73. The average molecular weight is 341 g/mol.